The van der Waals surface area contributed by atoms with E-state index in [2.05, 4.69) is 26.0 Å². The Labute approximate surface area is 92.4 Å². The molecule has 1 aromatic carbocycles. The van der Waals surface area contributed by atoms with E-state index in [1.807, 2.05) is 18.2 Å². The number of hydrogen-bond acceptors (Lipinski definition) is 2. The Morgan fingerprint density at radius 2 is 1.87 bits per heavy atom. The molecule has 0 spiro atoms. The fourth-order valence-corrected chi connectivity index (χ4v) is 1.47. The van der Waals surface area contributed by atoms with Gasteiger partial charge in [0, 0.05) is 13.2 Å². The Morgan fingerprint density at radius 3 is 2.40 bits per heavy atom. The molecule has 0 amide bonds. The summed E-state index contributed by atoms with van der Waals surface area (Å²) in [6.07, 6.45) is 1.92. The summed E-state index contributed by atoms with van der Waals surface area (Å²) >= 11 is 0. The van der Waals surface area contributed by atoms with Crippen LogP contribution in [0.2, 0.25) is 0 Å². The van der Waals surface area contributed by atoms with E-state index in [1.165, 1.54) is 5.56 Å². The van der Waals surface area contributed by atoms with Crippen molar-refractivity contribution in [2.45, 2.75) is 38.3 Å². The highest BCUT2D eigenvalue weighted by Crippen LogP contribution is 2.22. The van der Waals surface area contributed by atoms with E-state index in [4.69, 9.17) is 10.5 Å². The van der Waals surface area contributed by atoms with Crippen LogP contribution in [-0.4, -0.2) is 12.7 Å². The van der Waals surface area contributed by atoms with Gasteiger partial charge in [-0.2, -0.15) is 0 Å². The second-order valence-corrected chi connectivity index (χ2v) is 4.52. The summed E-state index contributed by atoms with van der Waals surface area (Å²) in [5.41, 5.74) is 7.22. The smallest absolute Gasteiger partial charge is 0.0623 e. The third-order valence-corrected chi connectivity index (χ3v) is 2.84. The van der Waals surface area contributed by atoms with Crippen molar-refractivity contribution in [2.75, 3.05) is 7.11 Å². The maximum Gasteiger partial charge on any atom is 0.0623 e. The topological polar surface area (TPSA) is 35.2 Å². The normalized spacial score (nSPS) is 13.9. The molecule has 0 saturated heterocycles. The molecule has 0 aromatic heterocycles. The maximum atomic E-state index is 6.10. The van der Waals surface area contributed by atoms with Crippen molar-refractivity contribution in [1.29, 1.82) is 0 Å². The summed E-state index contributed by atoms with van der Waals surface area (Å²) < 4.78 is 5.37. The molecule has 0 aliphatic rings. The SMILES string of the molecule is COC(C)(C)CCC(N)c1ccccc1. The Morgan fingerprint density at radius 1 is 1.27 bits per heavy atom. The van der Waals surface area contributed by atoms with Crippen LogP contribution in [0.1, 0.15) is 38.3 Å². The summed E-state index contributed by atoms with van der Waals surface area (Å²) in [5, 5.41) is 0. The van der Waals surface area contributed by atoms with Gasteiger partial charge in [0.2, 0.25) is 0 Å². The molecule has 0 bridgehead atoms. The predicted molar refractivity (Wildman–Crippen MR) is 63.7 cm³/mol. The van der Waals surface area contributed by atoms with Crippen LogP contribution >= 0.6 is 0 Å². The fourth-order valence-electron chi connectivity index (χ4n) is 1.47. The first-order chi connectivity index (χ1) is 7.05. The summed E-state index contributed by atoms with van der Waals surface area (Å²) in [7, 11) is 1.74. The molecule has 0 radical (unpaired) electrons. The number of hydrogen-bond donors (Lipinski definition) is 1. The number of ether oxygens (including phenoxy) is 1. The van der Waals surface area contributed by atoms with Crippen LogP contribution in [0.3, 0.4) is 0 Å². The van der Waals surface area contributed by atoms with Gasteiger partial charge in [0.25, 0.3) is 0 Å². The third-order valence-electron chi connectivity index (χ3n) is 2.84. The van der Waals surface area contributed by atoms with E-state index in [9.17, 15) is 0 Å². The Bertz CT molecular complexity index is 282. The van der Waals surface area contributed by atoms with E-state index >= 15 is 0 Å². The van der Waals surface area contributed by atoms with Gasteiger partial charge in [-0.1, -0.05) is 30.3 Å². The Kier molecular flexibility index (Phi) is 4.30. The first-order valence-electron chi connectivity index (χ1n) is 5.41. The zero-order valence-corrected chi connectivity index (χ0v) is 9.86. The van der Waals surface area contributed by atoms with Gasteiger partial charge in [0.1, 0.15) is 0 Å². The molecule has 0 aliphatic heterocycles. The van der Waals surface area contributed by atoms with E-state index in [-0.39, 0.29) is 11.6 Å². The number of nitrogens with two attached hydrogens (primary N) is 1. The van der Waals surface area contributed by atoms with Crippen LogP contribution in [-0.2, 0) is 4.74 Å². The second-order valence-electron chi connectivity index (χ2n) is 4.52. The average molecular weight is 207 g/mol. The van der Waals surface area contributed by atoms with Crippen LogP contribution < -0.4 is 5.73 Å². The van der Waals surface area contributed by atoms with Crippen molar-refractivity contribution in [3.8, 4) is 0 Å². The predicted octanol–water partition coefficient (Wildman–Crippen LogP) is 2.89. The second kappa shape index (κ2) is 5.29. The van der Waals surface area contributed by atoms with Crippen molar-refractivity contribution < 1.29 is 4.74 Å². The van der Waals surface area contributed by atoms with Crippen molar-refractivity contribution >= 4 is 0 Å². The summed E-state index contributed by atoms with van der Waals surface area (Å²) in [6.45, 7) is 4.18. The zero-order valence-electron chi connectivity index (χ0n) is 9.86. The molecular formula is C13H21NO. The molecule has 0 heterocycles. The molecule has 15 heavy (non-hydrogen) atoms. The molecule has 2 N–H and O–H groups in total. The molecule has 1 aromatic rings. The van der Waals surface area contributed by atoms with Crippen LogP contribution in [0.15, 0.2) is 30.3 Å². The molecule has 84 valence electrons. The van der Waals surface area contributed by atoms with Gasteiger partial charge < -0.3 is 10.5 Å². The van der Waals surface area contributed by atoms with Gasteiger partial charge in [-0.25, -0.2) is 0 Å². The van der Waals surface area contributed by atoms with Crippen molar-refractivity contribution in [2.24, 2.45) is 5.73 Å². The minimum absolute atomic E-state index is 0.0770. The largest absolute Gasteiger partial charge is 0.379 e. The van der Waals surface area contributed by atoms with Gasteiger partial charge in [0.15, 0.2) is 0 Å². The molecule has 1 unspecified atom stereocenters. The minimum Gasteiger partial charge on any atom is -0.379 e. The molecule has 0 aliphatic carbocycles. The number of methoxy groups -OCH3 is 1. The lowest BCUT2D eigenvalue weighted by Crippen LogP contribution is -2.24. The quantitative estimate of drug-likeness (QED) is 0.805. The van der Waals surface area contributed by atoms with Crippen LogP contribution in [0, 0.1) is 0 Å². The van der Waals surface area contributed by atoms with Gasteiger partial charge >= 0.3 is 0 Å². The summed E-state index contributed by atoms with van der Waals surface area (Å²) in [5.74, 6) is 0. The molecule has 2 heteroatoms. The van der Waals surface area contributed by atoms with Gasteiger partial charge in [0.05, 0.1) is 5.60 Å². The molecule has 1 atom stereocenters. The minimum atomic E-state index is -0.0770. The molecule has 0 fully saturated rings. The highest BCUT2D eigenvalue weighted by atomic mass is 16.5. The van der Waals surface area contributed by atoms with Crippen LogP contribution in [0.4, 0.5) is 0 Å². The van der Waals surface area contributed by atoms with E-state index in [1.54, 1.807) is 7.11 Å². The van der Waals surface area contributed by atoms with E-state index in [0.717, 1.165) is 12.8 Å². The fraction of sp³-hybridized carbons (Fsp3) is 0.538. The zero-order chi connectivity index (χ0) is 11.3. The molecule has 1 rings (SSSR count). The van der Waals surface area contributed by atoms with Crippen molar-refractivity contribution in [3.63, 3.8) is 0 Å². The molecule has 0 saturated carbocycles. The van der Waals surface area contributed by atoms with E-state index in [0.29, 0.717) is 0 Å². The summed E-state index contributed by atoms with van der Waals surface area (Å²) in [6, 6.07) is 10.3. The van der Waals surface area contributed by atoms with Gasteiger partial charge in [-0.05, 0) is 32.3 Å². The van der Waals surface area contributed by atoms with E-state index < -0.39 is 0 Å². The Hall–Kier alpha value is -0.860. The molecular weight excluding hydrogens is 186 g/mol. The maximum absolute atomic E-state index is 6.10. The standard InChI is InChI=1S/C13H21NO/c1-13(2,15-3)10-9-12(14)11-7-5-4-6-8-11/h4-8,12H,9-10,14H2,1-3H3. The average Bonchev–Trinajstić information content (AvgIpc) is 2.27. The lowest BCUT2D eigenvalue weighted by molar-refractivity contribution is 0.0125. The van der Waals surface area contributed by atoms with Gasteiger partial charge in [-0.15, -0.1) is 0 Å². The first kappa shape index (κ1) is 12.2. The lowest BCUT2D eigenvalue weighted by Gasteiger charge is -2.24. The monoisotopic (exact) mass is 207 g/mol. The van der Waals surface area contributed by atoms with Gasteiger partial charge in [-0.3, -0.25) is 0 Å². The first-order valence-corrected chi connectivity index (χ1v) is 5.41. The summed E-state index contributed by atoms with van der Waals surface area (Å²) in [4.78, 5) is 0. The Balaban J connectivity index is 2.47. The molecule has 2 nitrogen and oxygen atoms in total. The lowest BCUT2D eigenvalue weighted by atomic mass is 9.95. The van der Waals surface area contributed by atoms with Crippen molar-refractivity contribution in [1.82, 2.24) is 0 Å². The van der Waals surface area contributed by atoms with Crippen molar-refractivity contribution in [3.05, 3.63) is 35.9 Å². The third kappa shape index (κ3) is 4.02. The van der Waals surface area contributed by atoms with Crippen LogP contribution in [0.5, 0.6) is 0 Å². The number of rotatable bonds is 5. The highest BCUT2D eigenvalue weighted by Gasteiger charge is 2.18. The van der Waals surface area contributed by atoms with Crippen LogP contribution in [0.25, 0.3) is 0 Å². The number of benzene rings is 1. The highest BCUT2D eigenvalue weighted by molar-refractivity contribution is 5.18.